The predicted octanol–water partition coefficient (Wildman–Crippen LogP) is 5.53. The third-order valence-corrected chi connectivity index (χ3v) is 9.59. The van der Waals surface area contributed by atoms with Crippen molar-refractivity contribution in [1.29, 1.82) is 0 Å². The van der Waals surface area contributed by atoms with Crippen LogP contribution in [0.4, 0.5) is 11.4 Å². The minimum absolute atomic E-state index is 0. The number of anilines is 2. The number of nitrogens with two attached hydrogens (primary N) is 1. The number of benzene rings is 2. The fraction of sp³-hybridized carbons (Fsp3) is 0.548. The van der Waals surface area contributed by atoms with Gasteiger partial charge in [0, 0.05) is 50.3 Å². The maximum atomic E-state index is 12.8. The minimum Gasteiger partial charge on any atom is -0.371 e. The molecule has 2 aromatic rings. The molecule has 0 spiro atoms. The molecule has 2 heterocycles. The van der Waals surface area contributed by atoms with Crippen LogP contribution in [0.2, 0.25) is 0 Å². The van der Waals surface area contributed by atoms with Crippen LogP contribution < -0.4 is 26.0 Å². The zero-order chi connectivity index (χ0) is 29.0. The lowest BCUT2D eigenvalue weighted by molar-refractivity contribution is -0.123. The quantitative estimate of drug-likeness (QED) is 0.267. The predicted molar refractivity (Wildman–Crippen MR) is 173 cm³/mol. The Hall–Kier alpha value is -2.95. The number of nitrogens with one attached hydrogen (secondary N) is 3. The van der Waals surface area contributed by atoms with Crippen LogP contribution >= 0.6 is 11.9 Å². The molecule has 1 unspecified atom stereocenters. The van der Waals surface area contributed by atoms with Crippen molar-refractivity contribution in [3.05, 3.63) is 64.0 Å². The Morgan fingerprint density at radius 3 is 2.34 bits per heavy atom. The smallest absolute Gasteiger partial charge is 0.241 e. The number of nitrogens with zero attached hydrogens (tertiary/aromatic N) is 1. The van der Waals surface area contributed by atoms with E-state index in [1.807, 2.05) is 6.07 Å². The summed E-state index contributed by atoms with van der Waals surface area (Å²) in [6.07, 6.45) is 9.31. The zero-order valence-electron chi connectivity index (χ0n) is 23.7. The summed E-state index contributed by atoms with van der Waals surface area (Å²) in [5.41, 5.74) is 9.03. The van der Waals surface area contributed by atoms with E-state index in [-0.39, 0.29) is 28.1 Å². The van der Waals surface area contributed by atoms with Gasteiger partial charge >= 0.3 is 0 Å². The fourth-order valence-corrected chi connectivity index (χ4v) is 7.25. The summed E-state index contributed by atoms with van der Waals surface area (Å²) in [5, 5.41) is 6.43. The minimum atomic E-state index is -0.153. The van der Waals surface area contributed by atoms with Gasteiger partial charge in [-0.1, -0.05) is 30.3 Å². The summed E-state index contributed by atoms with van der Waals surface area (Å²) in [6.45, 7) is 3.89. The lowest BCUT2D eigenvalue weighted by Crippen LogP contribution is -2.36. The van der Waals surface area contributed by atoms with E-state index < -0.39 is 0 Å². The number of amides is 2. The summed E-state index contributed by atoms with van der Waals surface area (Å²) < 4.78 is 3.62. The fourth-order valence-electron chi connectivity index (χ4n) is 6.29. The summed E-state index contributed by atoms with van der Waals surface area (Å²) in [7, 11) is 0. The lowest BCUT2D eigenvalue weighted by atomic mass is 9.82. The second kappa shape index (κ2) is 15.9. The molecule has 0 aromatic heterocycles. The maximum absolute atomic E-state index is 12.8. The molecule has 0 bridgehead atoms. The van der Waals surface area contributed by atoms with Gasteiger partial charge in [-0.25, -0.2) is 0 Å². The Morgan fingerprint density at radius 2 is 1.68 bits per heavy atom. The molecule has 5 N–H and O–H groups in total. The number of carbonyl (C=O) groups is 2. The average Bonchev–Trinajstić information content (AvgIpc) is 3.55. The number of piperidine rings is 1. The molecule has 10 heteroatoms. The molecule has 2 aromatic carbocycles. The van der Waals surface area contributed by atoms with Crippen LogP contribution in [-0.4, -0.2) is 44.0 Å². The van der Waals surface area contributed by atoms with E-state index in [2.05, 4.69) is 62.7 Å². The van der Waals surface area contributed by atoms with Crippen LogP contribution in [0.5, 0.6) is 0 Å². The number of primary amides is 1. The molecular weight excluding hydrogens is 538 g/mol. The second-order valence-electron chi connectivity index (χ2n) is 11.5. The van der Waals surface area contributed by atoms with Gasteiger partial charge in [-0.2, -0.15) is 0 Å². The van der Waals surface area contributed by atoms with Crippen molar-refractivity contribution in [3.63, 3.8) is 0 Å². The van der Waals surface area contributed by atoms with Gasteiger partial charge in [0.2, 0.25) is 11.8 Å². The lowest BCUT2D eigenvalue weighted by Gasteiger charge is -2.35. The maximum Gasteiger partial charge on any atom is 0.241 e. The van der Waals surface area contributed by atoms with Crippen LogP contribution in [0.25, 0.3) is 0 Å². The van der Waals surface area contributed by atoms with Crippen LogP contribution in [0, 0.1) is 27.7 Å². The van der Waals surface area contributed by atoms with Crippen molar-refractivity contribution < 1.29 is 13.9 Å². The van der Waals surface area contributed by atoms with E-state index in [9.17, 15) is 9.59 Å². The first-order valence-corrected chi connectivity index (χ1v) is 15.7. The van der Waals surface area contributed by atoms with Crippen LogP contribution in [-0.2, 0) is 16.0 Å². The van der Waals surface area contributed by atoms with Crippen molar-refractivity contribution in [2.24, 2.45) is 23.5 Å². The second-order valence-corrected chi connectivity index (χ2v) is 12.4. The van der Waals surface area contributed by atoms with E-state index >= 15 is 0 Å². The van der Waals surface area contributed by atoms with Crippen molar-refractivity contribution in [2.45, 2.75) is 68.7 Å². The summed E-state index contributed by atoms with van der Waals surface area (Å²) in [6, 6.07) is 17.1. The molecule has 41 heavy (non-hydrogen) atoms. The molecule has 3 aliphatic rings. The van der Waals surface area contributed by atoms with Crippen LogP contribution in [0.15, 0.2) is 53.4 Å². The molecule has 5 rings (SSSR count). The van der Waals surface area contributed by atoms with Crippen molar-refractivity contribution >= 4 is 35.1 Å². The monoisotopic (exact) mass is 587 g/mol. The Kier molecular flexibility index (Phi) is 12.0. The third kappa shape index (κ3) is 9.02. The zero-order valence-corrected chi connectivity index (χ0v) is 24.5. The first-order valence-electron chi connectivity index (χ1n) is 14.9. The number of carbonyl (C=O) groups excluding carboxylic acids is 2. The van der Waals surface area contributed by atoms with Gasteiger partial charge in [-0.15, -0.1) is 0 Å². The Morgan fingerprint density at radius 1 is 0.951 bits per heavy atom. The highest BCUT2D eigenvalue weighted by Crippen LogP contribution is 2.35. The van der Waals surface area contributed by atoms with E-state index in [4.69, 9.17) is 15.7 Å². The molecule has 1 saturated carbocycles. The van der Waals surface area contributed by atoms with Gasteiger partial charge in [0.15, 0.2) is 0 Å². The molecule has 2 amide bonds. The van der Waals surface area contributed by atoms with Gasteiger partial charge in [0.05, 0.1) is 11.7 Å². The standard InChI is InChI=1S/C31H43N5O2S.O2.3H2/c32-30(37)25-10-8-24(9-11-25)21-34-39-29-20-26(35-31(38)27-7-4-16-33-27)12-13-28(29)36-17-14-23(15-18-36)19-22-5-2-1-3-6-22;1-2;;;/h1-3,5-6,12-13,20,23-25,27,33-34H,4,7-11,14-19,21H2,(H2,32,37)(H,35,38);;3*1H. The van der Waals surface area contributed by atoms with E-state index in [0.29, 0.717) is 11.8 Å². The van der Waals surface area contributed by atoms with Gasteiger partial charge in [0.1, 0.15) is 0 Å². The molecular formula is C31H49N5O4S. The van der Waals surface area contributed by atoms with Gasteiger partial charge in [-0.05, 0) is 112 Å². The molecule has 0 radical (unpaired) electrons. The topological polar surface area (TPSA) is 134 Å². The van der Waals surface area contributed by atoms with E-state index in [1.54, 1.807) is 11.9 Å². The normalized spacial score (nSPS) is 22.9. The van der Waals surface area contributed by atoms with Crippen LogP contribution in [0.3, 0.4) is 0 Å². The highest BCUT2D eigenvalue weighted by molar-refractivity contribution is 7.97. The molecule has 2 saturated heterocycles. The Bertz CT molecular complexity index is 1130. The number of hydrogen-bond donors (Lipinski definition) is 4. The SMILES string of the molecule is NC(=O)C1CCC(CNSc2cc(NC(=O)C3CCCN3)ccc2N2CCC(Cc3ccccc3)CC2)CC1.O=O.[HH].[HH].[HH]. The molecule has 9 nitrogen and oxygen atoms in total. The van der Waals surface area contributed by atoms with E-state index in [1.165, 1.54) is 24.1 Å². The number of hydrogen-bond acceptors (Lipinski definition) is 8. The van der Waals surface area contributed by atoms with Gasteiger partial charge < -0.3 is 21.3 Å². The first-order chi connectivity index (χ1) is 20.0. The third-order valence-electron chi connectivity index (χ3n) is 8.73. The number of rotatable bonds is 10. The molecule has 3 fully saturated rings. The molecule has 1 aliphatic carbocycles. The summed E-state index contributed by atoms with van der Waals surface area (Å²) in [4.78, 5) is 41.9. The van der Waals surface area contributed by atoms with Crippen molar-refractivity contribution in [1.82, 2.24) is 10.0 Å². The van der Waals surface area contributed by atoms with E-state index in [0.717, 1.165) is 81.7 Å². The first kappa shape index (κ1) is 31.0. The Balaban J connectivity index is 0.00000190. The van der Waals surface area contributed by atoms with Gasteiger partial charge in [-0.3, -0.25) is 14.3 Å². The molecule has 2 aliphatic heterocycles. The summed E-state index contributed by atoms with van der Waals surface area (Å²) >= 11 is 1.67. The van der Waals surface area contributed by atoms with Crippen molar-refractivity contribution in [2.75, 3.05) is 36.4 Å². The van der Waals surface area contributed by atoms with Gasteiger partial charge in [0.25, 0.3) is 0 Å². The molecule has 228 valence electrons. The largest absolute Gasteiger partial charge is 0.371 e. The Labute approximate surface area is 251 Å². The average molecular weight is 588 g/mol. The highest BCUT2D eigenvalue weighted by atomic mass is 32.2. The van der Waals surface area contributed by atoms with Crippen molar-refractivity contribution in [3.8, 4) is 0 Å². The summed E-state index contributed by atoms with van der Waals surface area (Å²) in [5.74, 6) is 1.21. The van der Waals surface area contributed by atoms with Crippen LogP contribution in [0.1, 0.15) is 61.2 Å². The highest BCUT2D eigenvalue weighted by Gasteiger charge is 2.26. The molecule has 1 atom stereocenters.